The van der Waals surface area contributed by atoms with Crippen molar-refractivity contribution < 1.29 is 9.59 Å². The van der Waals surface area contributed by atoms with Crippen molar-refractivity contribution in [2.24, 2.45) is 0 Å². The Balaban J connectivity index is 0.000000502. The van der Waals surface area contributed by atoms with E-state index in [1.807, 2.05) is 31.2 Å². The van der Waals surface area contributed by atoms with E-state index in [-0.39, 0.29) is 24.9 Å². The van der Waals surface area contributed by atoms with Gasteiger partial charge in [-0.3, -0.25) is 9.59 Å². The number of benzene rings is 1. The predicted octanol–water partition coefficient (Wildman–Crippen LogP) is 2.09. The first-order chi connectivity index (χ1) is 13.9. The summed E-state index contributed by atoms with van der Waals surface area (Å²) in [6, 6.07) is 13.8. The quantitative estimate of drug-likeness (QED) is 0.483. The predicted molar refractivity (Wildman–Crippen MR) is 117 cm³/mol. The second-order valence-corrected chi connectivity index (χ2v) is 6.72. The molecule has 2 rings (SSSR count). The number of aryl methyl sites for hydroxylation is 2. The van der Waals surface area contributed by atoms with Crippen LogP contribution in [-0.2, 0) is 16.1 Å². The Morgan fingerprint density at radius 1 is 0.966 bits per heavy atom. The van der Waals surface area contributed by atoms with Gasteiger partial charge in [0.05, 0.1) is 13.1 Å². The third-order valence-corrected chi connectivity index (χ3v) is 4.07. The molecular weight excluding hydrogens is 366 g/mol. The maximum Gasteiger partial charge on any atom is 0.239 e. The second-order valence-electron chi connectivity index (χ2n) is 6.72. The molecule has 5 N–H and O–H groups in total. The van der Waals surface area contributed by atoms with Crippen molar-refractivity contribution in [2.45, 2.75) is 40.2 Å². The van der Waals surface area contributed by atoms with E-state index < -0.39 is 0 Å². The van der Waals surface area contributed by atoms with Crippen molar-refractivity contribution in [1.82, 2.24) is 20.9 Å². The van der Waals surface area contributed by atoms with Crippen molar-refractivity contribution in [3.63, 3.8) is 0 Å². The molecule has 0 spiro atoms. The van der Waals surface area contributed by atoms with Crippen LogP contribution in [0, 0.1) is 13.8 Å². The van der Waals surface area contributed by atoms with Gasteiger partial charge in [0.1, 0.15) is 5.82 Å². The smallest absolute Gasteiger partial charge is 0.239 e. The number of amides is 2. The third kappa shape index (κ3) is 11.5. The van der Waals surface area contributed by atoms with Gasteiger partial charge in [-0.25, -0.2) is 4.98 Å². The molecular formula is C22H33N5O2. The van der Waals surface area contributed by atoms with Crippen LogP contribution in [0.1, 0.15) is 36.6 Å². The summed E-state index contributed by atoms with van der Waals surface area (Å²) in [6.07, 6.45) is 2.11. The lowest BCUT2D eigenvalue weighted by molar-refractivity contribution is -0.125. The molecule has 1 aromatic carbocycles. The molecule has 2 aromatic rings. The normalized spacial score (nSPS) is 9.90. The summed E-state index contributed by atoms with van der Waals surface area (Å²) in [5, 5.41) is 8.32. The van der Waals surface area contributed by atoms with Crippen LogP contribution in [0.2, 0.25) is 0 Å². The average molecular weight is 400 g/mol. The number of unbranched alkanes of at least 4 members (excludes halogenated alkanes) is 1. The number of nitrogens with two attached hydrogens (primary N) is 1. The highest BCUT2D eigenvalue weighted by molar-refractivity contribution is 5.85. The van der Waals surface area contributed by atoms with Crippen molar-refractivity contribution in [2.75, 3.05) is 25.4 Å². The highest BCUT2D eigenvalue weighted by Gasteiger charge is 2.06. The highest BCUT2D eigenvalue weighted by Crippen LogP contribution is 2.07. The Kier molecular flexibility index (Phi) is 11.7. The lowest BCUT2D eigenvalue weighted by Crippen LogP contribution is -2.40. The van der Waals surface area contributed by atoms with Crippen LogP contribution in [0.25, 0.3) is 0 Å². The summed E-state index contributed by atoms with van der Waals surface area (Å²) < 4.78 is 0. The number of nitrogen functional groups attached to an aromatic ring is 1. The summed E-state index contributed by atoms with van der Waals surface area (Å²) in [7, 11) is 0. The highest BCUT2D eigenvalue weighted by atomic mass is 16.2. The molecule has 0 fully saturated rings. The van der Waals surface area contributed by atoms with E-state index in [0.29, 0.717) is 12.4 Å². The molecule has 0 aliphatic heterocycles. The summed E-state index contributed by atoms with van der Waals surface area (Å²) in [5.41, 5.74) is 8.57. The summed E-state index contributed by atoms with van der Waals surface area (Å²) in [4.78, 5) is 27.3. The standard InChI is InChI=1S/C15H25N5O2.C7H8/c1-3-4-7-17-9-14(21)19-10-15(22)18-8-12-5-6-13(16)20-11(12)2;1-7-5-3-2-4-6-7/h5-6,17H,3-4,7-10H2,1-2H3,(H2,16,20)(H,18,22)(H,19,21);2-6H,1H3. The molecule has 0 saturated heterocycles. The van der Waals surface area contributed by atoms with Crippen molar-refractivity contribution in [3.05, 3.63) is 59.3 Å². The number of hydrogen-bond donors (Lipinski definition) is 4. The molecule has 0 bridgehead atoms. The minimum Gasteiger partial charge on any atom is -0.384 e. The van der Waals surface area contributed by atoms with Crippen molar-refractivity contribution in [1.29, 1.82) is 0 Å². The van der Waals surface area contributed by atoms with Gasteiger partial charge in [-0.15, -0.1) is 0 Å². The number of hydrogen-bond acceptors (Lipinski definition) is 5. The molecule has 0 aliphatic rings. The van der Waals surface area contributed by atoms with Gasteiger partial charge in [-0.1, -0.05) is 55.3 Å². The maximum atomic E-state index is 11.7. The Hall–Kier alpha value is -2.93. The van der Waals surface area contributed by atoms with Gasteiger partial charge in [0, 0.05) is 12.2 Å². The fourth-order valence-electron chi connectivity index (χ4n) is 2.33. The number of nitrogens with one attached hydrogen (secondary N) is 3. The molecule has 158 valence electrons. The number of carbonyl (C=O) groups is 2. The lowest BCUT2D eigenvalue weighted by atomic mass is 10.2. The minimum atomic E-state index is -0.238. The van der Waals surface area contributed by atoms with Crippen LogP contribution in [0.5, 0.6) is 0 Å². The Labute approximate surface area is 173 Å². The molecule has 29 heavy (non-hydrogen) atoms. The molecule has 0 unspecified atom stereocenters. The van der Waals surface area contributed by atoms with E-state index in [0.717, 1.165) is 30.6 Å². The summed E-state index contributed by atoms with van der Waals surface area (Å²) >= 11 is 0. The fourth-order valence-corrected chi connectivity index (χ4v) is 2.33. The number of nitrogens with zero attached hydrogens (tertiary/aromatic N) is 1. The monoisotopic (exact) mass is 399 g/mol. The topological polar surface area (TPSA) is 109 Å². The van der Waals surface area contributed by atoms with Crippen LogP contribution in [0.15, 0.2) is 42.5 Å². The number of pyridine rings is 1. The SMILES string of the molecule is CCCCNCC(=O)NCC(=O)NCc1ccc(N)nc1C.Cc1ccccc1. The third-order valence-electron chi connectivity index (χ3n) is 4.07. The van der Waals surface area contributed by atoms with Gasteiger partial charge in [-0.2, -0.15) is 0 Å². The number of carbonyl (C=O) groups excluding carboxylic acids is 2. The molecule has 1 aromatic heterocycles. The largest absolute Gasteiger partial charge is 0.384 e. The van der Waals surface area contributed by atoms with Gasteiger partial charge in [0.2, 0.25) is 11.8 Å². The molecule has 7 heteroatoms. The van der Waals surface area contributed by atoms with Crippen LogP contribution in [0.3, 0.4) is 0 Å². The minimum absolute atomic E-state index is 0.0320. The summed E-state index contributed by atoms with van der Waals surface area (Å²) in [5.74, 6) is 0.0325. The molecule has 0 radical (unpaired) electrons. The van der Waals surface area contributed by atoms with E-state index in [9.17, 15) is 9.59 Å². The first-order valence-corrected chi connectivity index (χ1v) is 9.90. The second kappa shape index (κ2) is 14.1. The molecule has 7 nitrogen and oxygen atoms in total. The lowest BCUT2D eigenvalue weighted by Gasteiger charge is -2.09. The van der Waals surface area contributed by atoms with E-state index >= 15 is 0 Å². The zero-order valence-corrected chi connectivity index (χ0v) is 17.6. The fraction of sp³-hybridized carbons (Fsp3) is 0.409. The van der Waals surface area contributed by atoms with Gasteiger partial charge >= 0.3 is 0 Å². The molecule has 0 atom stereocenters. The van der Waals surface area contributed by atoms with Crippen molar-refractivity contribution >= 4 is 17.6 Å². The molecule has 0 aliphatic carbocycles. The Bertz CT molecular complexity index is 750. The van der Waals surface area contributed by atoms with Crippen LogP contribution < -0.4 is 21.7 Å². The Morgan fingerprint density at radius 3 is 2.24 bits per heavy atom. The van der Waals surface area contributed by atoms with Gasteiger partial charge in [0.25, 0.3) is 0 Å². The first kappa shape index (κ1) is 24.1. The van der Waals surface area contributed by atoms with E-state index in [1.165, 1.54) is 5.56 Å². The molecule has 2 amide bonds. The number of anilines is 1. The van der Waals surface area contributed by atoms with Crippen molar-refractivity contribution in [3.8, 4) is 0 Å². The first-order valence-electron chi connectivity index (χ1n) is 9.90. The van der Waals surface area contributed by atoms with Crippen LogP contribution >= 0.6 is 0 Å². The van der Waals surface area contributed by atoms with Gasteiger partial charge < -0.3 is 21.7 Å². The Morgan fingerprint density at radius 2 is 1.66 bits per heavy atom. The average Bonchev–Trinajstić information content (AvgIpc) is 2.70. The van der Waals surface area contributed by atoms with E-state index in [1.54, 1.807) is 6.07 Å². The van der Waals surface area contributed by atoms with Crippen LogP contribution in [-0.4, -0.2) is 36.4 Å². The number of aromatic nitrogens is 1. The zero-order valence-electron chi connectivity index (χ0n) is 17.6. The maximum absolute atomic E-state index is 11.7. The van der Waals surface area contributed by atoms with E-state index in [2.05, 4.69) is 46.9 Å². The molecule has 0 saturated carbocycles. The number of rotatable bonds is 9. The van der Waals surface area contributed by atoms with Gasteiger partial charge in [-0.05, 0) is 38.4 Å². The zero-order chi connectivity index (χ0) is 21.5. The molecule has 1 heterocycles. The van der Waals surface area contributed by atoms with E-state index in [4.69, 9.17) is 5.73 Å². The van der Waals surface area contributed by atoms with Crippen LogP contribution in [0.4, 0.5) is 5.82 Å². The summed E-state index contributed by atoms with van der Waals surface area (Å²) in [6.45, 7) is 7.37. The van der Waals surface area contributed by atoms with Gasteiger partial charge in [0.15, 0.2) is 0 Å².